The molecule has 2 aromatic heterocycles. The molecule has 0 spiro atoms. The van der Waals surface area contributed by atoms with Gasteiger partial charge in [-0.3, -0.25) is 9.48 Å². The highest BCUT2D eigenvalue weighted by molar-refractivity contribution is 6.06. The highest BCUT2D eigenvalue weighted by Crippen LogP contribution is 2.34. The van der Waals surface area contributed by atoms with Crippen LogP contribution in [0.4, 0.5) is 10.3 Å². The van der Waals surface area contributed by atoms with Gasteiger partial charge in [0.2, 0.25) is 5.95 Å². The SMILES string of the molecule is Cn1cc(C2(C)CN(c3nc4cc(F)cc5c4n3CCNC5=O)CCO2)cn1. The van der Waals surface area contributed by atoms with E-state index in [2.05, 4.69) is 15.3 Å². The van der Waals surface area contributed by atoms with Crippen LogP contribution in [-0.2, 0) is 23.9 Å². The summed E-state index contributed by atoms with van der Waals surface area (Å²) in [6.07, 6.45) is 3.77. The molecule has 0 bridgehead atoms. The summed E-state index contributed by atoms with van der Waals surface area (Å²) in [5.41, 5.74) is 1.97. The first-order chi connectivity index (χ1) is 13.4. The number of carbonyl (C=O) groups excluding carboxylic acids is 1. The van der Waals surface area contributed by atoms with E-state index in [4.69, 9.17) is 9.72 Å². The molecule has 9 heteroatoms. The largest absolute Gasteiger partial charge is 0.367 e. The summed E-state index contributed by atoms with van der Waals surface area (Å²) >= 11 is 0. The number of anilines is 1. The minimum Gasteiger partial charge on any atom is -0.367 e. The second-order valence-electron chi connectivity index (χ2n) is 7.54. The Morgan fingerprint density at radius 1 is 1.32 bits per heavy atom. The molecule has 28 heavy (non-hydrogen) atoms. The van der Waals surface area contributed by atoms with E-state index in [0.29, 0.717) is 49.4 Å². The molecule has 1 atom stereocenters. The number of nitrogens with one attached hydrogen (secondary N) is 1. The summed E-state index contributed by atoms with van der Waals surface area (Å²) in [7, 11) is 1.88. The third-order valence-corrected chi connectivity index (χ3v) is 5.52. The molecule has 0 aliphatic carbocycles. The predicted octanol–water partition coefficient (Wildman–Crippen LogP) is 1.40. The van der Waals surface area contributed by atoms with Gasteiger partial charge in [0.15, 0.2) is 0 Å². The fourth-order valence-electron chi connectivity index (χ4n) is 4.13. The third-order valence-electron chi connectivity index (χ3n) is 5.52. The first kappa shape index (κ1) is 17.2. The number of ether oxygens (including phenoxy) is 1. The van der Waals surface area contributed by atoms with Crippen molar-refractivity contribution in [1.29, 1.82) is 0 Å². The number of halogens is 1. The Kier molecular flexibility index (Phi) is 3.70. The van der Waals surface area contributed by atoms with Crippen molar-refractivity contribution >= 4 is 22.9 Å². The molecule has 1 saturated heterocycles. The zero-order chi connectivity index (χ0) is 19.5. The Bertz CT molecular complexity index is 1090. The van der Waals surface area contributed by atoms with Crippen LogP contribution in [-0.4, -0.2) is 51.5 Å². The molecule has 0 radical (unpaired) electrons. The maximum atomic E-state index is 14.1. The fraction of sp³-hybridized carbons (Fsp3) is 0.421. The Hall–Kier alpha value is -2.94. The lowest BCUT2D eigenvalue weighted by Gasteiger charge is -2.40. The molecule has 8 nitrogen and oxygen atoms in total. The molecule has 3 aromatic rings. The highest BCUT2D eigenvalue weighted by Gasteiger charge is 2.37. The Morgan fingerprint density at radius 2 is 2.18 bits per heavy atom. The number of hydrogen-bond donors (Lipinski definition) is 1. The number of imidazole rings is 1. The van der Waals surface area contributed by atoms with Gasteiger partial charge >= 0.3 is 0 Å². The van der Waals surface area contributed by atoms with Crippen molar-refractivity contribution in [1.82, 2.24) is 24.6 Å². The van der Waals surface area contributed by atoms with Crippen molar-refractivity contribution in [3.05, 3.63) is 41.5 Å². The summed E-state index contributed by atoms with van der Waals surface area (Å²) in [4.78, 5) is 19.2. The Morgan fingerprint density at radius 3 is 2.96 bits per heavy atom. The molecular formula is C19H21FN6O2. The summed E-state index contributed by atoms with van der Waals surface area (Å²) in [6.45, 7) is 4.87. The third kappa shape index (κ3) is 2.57. The van der Waals surface area contributed by atoms with Crippen LogP contribution < -0.4 is 10.2 Å². The van der Waals surface area contributed by atoms with Gasteiger partial charge in [-0.1, -0.05) is 0 Å². The number of aryl methyl sites for hydroxylation is 1. The standard InChI is InChI=1S/C19H21FN6O2/c1-19(12-9-22-24(2)10-12)11-25(5-6-28-19)18-23-15-8-13(20)7-14-16(15)26(18)4-3-21-17(14)27/h7-10H,3-6,11H2,1-2H3,(H,21,27). The van der Waals surface area contributed by atoms with Crippen LogP contribution in [0.2, 0.25) is 0 Å². The Balaban J connectivity index is 1.60. The molecule has 2 aliphatic heterocycles. The summed E-state index contributed by atoms with van der Waals surface area (Å²) in [5.74, 6) is 0.00608. The number of hydrogen-bond acceptors (Lipinski definition) is 5. The van der Waals surface area contributed by atoms with Crippen LogP contribution in [0, 0.1) is 5.82 Å². The molecule has 1 unspecified atom stereocenters. The van der Waals surface area contributed by atoms with Gasteiger partial charge in [0.05, 0.1) is 35.9 Å². The predicted molar refractivity (Wildman–Crippen MR) is 101 cm³/mol. The molecule has 0 saturated carbocycles. The van der Waals surface area contributed by atoms with Gasteiger partial charge in [-0.15, -0.1) is 0 Å². The van der Waals surface area contributed by atoms with Crippen LogP contribution in [0.15, 0.2) is 24.5 Å². The molecule has 4 heterocycles. The lowest BCUT2D eigenvalue weighted by molar-refractivity contribution is -0.0471. The minimum absolute atomic E-state index is 0.267. The van der Waals surface area contributed by atoms with Gasteiger partial charge in [0.25, 0.3) is 5.91 Å². The smallest absolute Gasteiger partial charge is 0.253 e. The van der Waals surface area contributed by atoms with Gasteiger partial charge < -0.3 is 19.5 Å². The van der Waals surface area contributed by atoms with E-state index in [0.717, 1.165) is 11.5 Å². The maximum absolute atomic E-state index is 14.1. The second kappa shape index (κ2) is 6.03. The van der Waals surface area contributed by atoms with Crippen molar-refractivity contribution < 1.29 is 13.9 Å². The molecule has 1 amide bonds. The van der Waals surface area contributed by atoms with Crippen LogP contribution in [0.5, 0.6) is 0 Å². The van der Waals surface area contributed by atoms with Crippen LogP contribution in [0.1, 0.15) is 22.8 Å². The number of benzene rings is 1. The zero-order valence-electron chi connectivity index (χ0n) is 15.8. The van der Waals surface area contributed by atoms with E-state index in [1.54, 1.807) is 4.68 Å². The summed E-state index contributed by atoms with van der Waals surface area (Å²) in [6, 6.07) is 2.67. The maximum Gasteiger partial charge on any atom is 0.253 e. The van der Waals surface area contributed by atoms with Gasteiger partial charge in [-0.2, -0.15) is 5.10 Å². The molecule has 1 aromatic carbocycles. The summed E-state index contributed by atoms with van der Waals surface area (Å²) < 4.78 is 23.9. The number of amides is 1. The molecule has 1 fully saturated rings. The molecule has 2 aliphatic rings. The molecule has 146 valence electrons. The van der Waals surface area contributed by atoms with Gasteiger partial charge in [0.1, 0.15) is 11.4 Å². The monoisotopic (exact) mass is 384 g/mol. The van der Waals surface area contributed by atoms with E-state index >= 15 is 0 Å². The van der Waals surface area contributed by atoms with Crippen molar-refractivity contribution in [2.24, 2.45) is 7.05 Å². The number of rotatable bonds is 2. The first-order valence-electron chi connectivity index (χ1n) is 9.31. The van der Waals surface area contributed by atoms with Crippen LogP contribution >= 0.6 is 0 Å². The van der Waals surface area contributed by atoms with Crippen molar-refractivity contribution in [2.75, 3.05) is 31.1 Å². The Labute approximate surface area is 160 Å². The number of morpholine rings is 1. The van der Waals surface area contributed by atoms with E-state index in [1.165, 1.54) is 12.1 Å². The van der Waals surface area contributed by atoms with Gasteiger partial charge in [0, 0.05) is 44.5 Å². The average molecular weight is 384 g/mol. The van der Waals surface area contributed by atoms with E-state index in [1.807, 2.05) is 30.9 Å². The number of carbonyl (C=O) groups is 1. The lowest BCUT2D eigenvalue weighted by Crippen LogP contribution is -2.49. The molecule has 5 rings (SSSR count). The second-order valence-corrected chi connectivity index (χ2v) is 7.54. The average Bonchev–Trinajstić information content (AvgIpc) is 3.21. The quantitative estimate of drug-likeness (QED) is 0.723. The van der Waals surface area contributed by atoms with E-state index in [-0.39, 0.29) is 5.91 Å². The first-order valence-corrected chi connectivity index (χ1v) is 9.31. The van der Waals surface area contributed by atoms with Crippen LogP contribution in [0.25, 0.3) is 11.0 Å². The zero-order valence-corrected chi connectivity index (χ0v) is 15.8. The topological polar surface area (TPSA) is 77.2 Å². The van der Waals surface area contributed by atoms with E-state index < -0.39 is 11.4 Å². The lowest BCUT2D eigenvalue weighted by atomic mass is 9.97. The molecule has 1 N–H and O–H groups in total. The molecular weight excluding hydrogens is 363 g/mol. The highest BCUT2D eigenvalue weighted by atomic mass is 19.1. The number of aromatic nitrogens is 4. The van der Waals surface area contributed by atoms with Crippen molar-refractivity contribution in [3.63, 3.8) is 0 Å². The normalized spacial score (nSPS) is 22.4. The van der Waals surface area contributed by atoms with E-state index in [9.17, 15) is 9.18 Å². The van der Waals surface area contributed by atoms with Crippen LogP contribution in [0.3, 0.4) is 0 Å². The van der Waals surface area contributed by atoms with Gasteiger partial charge in [-0.05, 0) is 13.0 Å². The fourth-order valence-corrected chi connectivity index (χ4v) is 4.13. The van der Waals surface area contributed by atoms with Crippen molar-refractivity contribution in [2.45, 2.75) is 19.1 Å². The van der Waals surface area contributed by atoms with Gasteiger partial charge in [-0.25, -0.2) is 9.37 Å². The van der Waals surface area contributed by atoms with Crippen molar-refractivity contribution in [3.8, 4) is 0 Å². The number of nitrogens with zero attached hydrogens (tertiary/aromatic N) is 5. The minimum atomic E-state index is -0.530. The summed E-state index contributed by atoms with van der Waals surface area (Å²) in [5, 5.41) is 7.10.